The van der Waals surface area contributed by atoms with Crippen molar-refractivity contribution in [1.82, 2.24) is 15.1 Å². The molecular formula is C21H20F4N4O2. The van der Waals surface area contributed by atoms with Gasteiger partial charge in [0, 0.05) is 12.3 Å². The van der Waals surface area contributed by atoms with Gasteiger partial charge in [0.05, 0.1) is 17.9 Å². The first kappa shape index (κ1) is 22.3. The van der Waals surface area contributed by atoms with Crippen LogP contribution in [-0.2, 0) is 19.1 Å². The Kier molecular flexibility index (Phi) is 6.59. The van der Waals surface area contributed by atoms with Crippen molar-refractivity contribution in [3.8, 4) is 5.69 Å². The third-order valence-electron chi connectivity index (χ3n) is 4.44. The van der Waals surface area contributed by atoms with Gasteiger partial charge in [0.15, 0.2) is 5.69 Å². The second-order valence-electron chi connectivity index (χ2n) is 6.86. The molecule has 0 aliphatic heterocycles. The zero-order valence-corrected chi connectivity index (χ0v) is 16.5. The lowest BCUT2D eigenvalue weighted by molar-refractivity contribution is -0.141. The standard InChI is InChI=1S/C21H20F4N4O2/c1-13-3-2-4-16(9-13)29-17(11-19(28-29)21(23,24)25)12-26-20(31)27-15-6-5-14(7-8-30)18(22)10-15/h2-6,9-11,30H,7-8,12H2,1H3,(H2,26,27,31). The van der Waals surface area contributed by atoms with Crippen LogP contribution in [0.15, 0.2) is 48.5 Å². The molecule has 0 saturated carbocycles. The van der Waals surface area contributed by atoms with Crippen LogP contribution in [0.2, 0.25) is 0 Å². The number of alkyl halides is 3. The van der Waals surface area contributed by atoms with Gasteiger partial charge in [-0.3, -0.25) is 0 Å². The smallest absolute Gasteiger partial charge is 0.396 e. The van der Waals surface area contributed by atoms with Gasteiger partial charge >= 0.3 is 12.2 Å². The molecule has 10 heteroatoms. The van der Waals surface area contributed by atoms with Gasteiger partial charge in [-0.25, -0.2) is 13.9 Å². The topological polar surface area (TPSA) is 79.2 Å². The predicted molar refractivity (Wildman–Crippen MR) is 106 cm³/mol. The molecule has 0 bridgehead atoms. The first-order valence-corrected chi connectivity index (χ1v) is 9.34. The van der Waals surface area contributed by atoms with Crippen molar-refractivity contribution in [3.05, 3.63) is 76.9 Å². The van der Waals surface area contributed by atoms with Gasteiger partial charge in [0.25, 0.3) is 0 Å². The summed E-state index contributed by atoms with van der Waals surface area (Å²) in [5.74, 6) is -0.584. The maximum atomic E-state index is 13.9. The highest BCUT2D eigenvalue weighted by molar-refractivity contribution is 5.89. The average Bonchev–Trinajstić information content (AvgIpc) is 3.13. The fourth-order valence-electron chi connectivity index (χ4n) is 2.96. The summed E-state index contributed by atoms with van der Waals surface area (Å²) in [6.45, 7) is 1.35. The molecule has 2 aromatic carbocycles. The van der Waals surface area contributed by atoms with Crippen LogP contribution >= 0.6 is 0 Å². The number of rotatable bonds is 6. The maximum absolute atomic E-state index is 13.9. The number of halogens is 4. The van der Waals surface area contributed by atoms with E-state index in [1.54, 1.807) is 31.2 Å². The number of aryl methyl sites for hydroxylation is 1. The molecule has 2 amide bonds. The number of aliphatic hydroxyl groups is 1. The number of hydrogen-bond acceptors (Lipinski definition) is 3. The molecule has 0 aliphatic rings. The average molecular weight is 436 g/mol. The molecule has 0 unspecified atom stereocenters. The lowest BCUT2D eigenvalue weighted by Crippen LogP contribution is -2.29. The largest absolute Gasteiger partial charge is 0.435 e. The van der Waals surface area contributed by atoms with Gasteiger partial charge in [-0.2, -0.15) is 18.3 Å². The molecule has 0 fully saturated rings. The third kappa shape index (κ3) is 5.60. The highest BCUT2D eigenvalue weighted by Crippen LogP contribution is 2.29. The fraction of sp³-hybridized carbons (Fsp3) is 0.238. The molecule has 0 saturated heterocycles. The molecule has 164 valence electrons. The van der Waals surface area contributed by atoms with Gasteiger partial charge in [0.1, 0.15) is 5.82 Å². The van der Waals surface area contributed by atoms with E-state index in [1.807, 2.05) is 0 Å². The van der Waals surface area contributed by atoms with Crippen molar-refractivity contribution < 1.29 is 27.5 Å². The monoisotopic (exact) mass is 436 g/mol. The van der Waals surface area contributed by atoms with Crippen molar-refractivity contribution >= 4 is 11.7 Å². The highest BCUT2D eigenvalue weighted by Gasteiger charge is 2.35. The number of aromatic nitrogens is 2. The van der Waals surface area contributed by atoms with Crippen molar-refractivity contribution in [2.24, 2.45) is 0 Å². The van der Waals surface area contributed by atoms with Crippen LogP contribution in [0.1, 0.15) is 22.5 Å². The zero-order valence-electron chi connectivity index (χ0n) is 16.5. The number of urea groups is 1. The van der Waals surface area contributed by atoms with Crippen LogP contribution in [0.4, 0.5) is 28.0 Å². The maximum Gasteiger partial charge on any atom is 0.435 e. The molecule has 1 heterocycles. The van der Waals surface area contributed by atoms with E-state index in [0.29, 0.717) is 11.3 Å². The normalized spacial score (nSPS) is 11.4. The number of aliphatic hydroxyl groups excluding tert-OH is 1. The first-order valence-electron chi connectivity index (χ1n) is 9.34. The van der Waals surface area contributed by atoms with Crippen LogP contribution in [0.5, 0.6) is 0 Å². The minimum atomic E-state index is -4.64. The molecule has 3 rings (SSSR count). The van der Waals surface area contributed by atoms with Gasteiger partial charge in [-0.1, -0.05) is 18.2 Å². The van der Waals surface area contributed by atoms with E-state index in [4.69, 9.17) is 5.11 Å². The van der Waals surface area contributed by atoms with Crippen LogP contribution < -0.4 is 10.6 Å². The summed E-state index contributed by atoms with van der Waals surface area (Å²) < 4.78 is 54.5. The molecule has 0 spiro atoms. The van der Waals surface area contributed by atoms with Gasteiger partial charge in [0.2, 0.25) is 0 Å². The van der Waals surface area contributed by atoms with Crippen molar-refractivity contribution in [2.75, 3.05) is 11.9 Å². The number of carbonyl (C=O) groups excluding carboxylic acids is 1. The van der Waals surface area contributed by atoms with Gasteiger partial charge < -0.3 is 15.7 Å². The molecule has 0 radical (unpaired) electrons. The Balaban J connectivity index is 1.75. The first-order chi connectivity index (χ1) is 14.7. The van der Waals surface area contributed by atoms with Crippen LogP contribution in [0, 0.1) is 12.7 Å². The second kappa shape index (κ2) is 9.17. The minimum absolute atomic E-state index is 0.123. The Morgan fingerprint density at radius 2 is 1.94 bits per heavy atom. The molecule has 6 nitrogen and oxygen atoms in total. The van der Waals surface area contributed by atoms with Crippen molar-refractivity contribution in [3.63, 3.8) is 0 Å². The molecule has 0 atom stereocenters. The number of benzene rings is 2. The summed E-state index contributed by atoms with van der Waals surface area (Å²) in [5.41, 5.74) is 0.777. The molecule has 3 N–H and O–H groups in total. The summed E-state index contributed by atoms with van der Waals surface area (Å²) in [4.78, 5) is 12.2. The SMILES string of the molecule is Cc1cccc(-n2nc(C(F)(F)F)cc2CNC(=O)Nc2ccc(CCO)c(F)c2)c1. The van der Waals surface area contributed by atoms with E-state index in [2.05, 4.69) is 15.7 Å². The van der Waals surface area contributed by atoms with Gasteiger partial charge in [-0.15, -0.1) is 0 Å². The number of hydrogen-bond donors (Lipinski definition) is 3. The summed E-state index contributed by atoms with van der Waals surface area (Å²) in [6, 6.07) is 10.9. The van der Waals surface area contributed by atoms with Crippen LogP contribution in [0.3, 0.4) is 0 Å². The minimum Gasteiger partial charge on any atom is -0.396 e. The Bertz CT molecular complexity index is 1080. The summed E-state index contributed by atoms with van der Waals surface area (Å²) in [7, 11) is 0. The summed E-state index contributed by atoms with van der Waals surface area (Å²) >= 11 is 0. The van der Waals surface area contributed by atoms with Crippen molar-refractivity contribution in [1.29, 1.82) is 0 Å². The Hall–Kier alpha value is -3.40. The molecular weight excluding hydrogens is 416 g/mol. The Morgan fingerprint density at radius 1 is 1.16 bits per heavy atom. The zero-order chi connectivity index (χ0) is 22.6. The van der Waals surface area contributed by atoms with Crippen LogP contribution in [0.25, 0.3) is 5.69 Å². The quantitative estimate of drug-likeness (QED) is 0.507. The number of amides is 2. The lowest BCUT2D eigenvalue weighted by atomic mass is 10.1. The van der Waals surface area contributed by atoms with E-state index >= 15 is 0 Å². The van der Waals surface area contributed by atoms with Crippen LogP contribution in [-0.4, -0.2) is 27.5 Å². The number of anilines is 1. The predicted octanol–water partition coefficient (Wildman–Crippen LogP) is 4.20. The van der Waals surface area contributed by atoms with E-state index in [0.717, 1.165) is 22.4 Å². The van der Waals surface area contributed by atoms with Gasteiger partial charge in [-0.05, 0) is 54.8 Å². The number of nitrogens with zero attached hydrogens (tertiary/aromatic N) is 2. The molecule has 31 heavy (non-hydrogen) atoms. The Labute approximate surface area is 175 Å². The lowest BCUT2D eigenvalue weighted by Gasteiger charge is -2.11. The number of nitrogens with one attached hydrogen (secondary N) is 2. The van der Waals surface area contributed by atoms with E-state index < -0.39 is 23.7 Å². The Morgan fingerprint density at radius 3 is 2.58 bits per heavy atom. The summed E-state index contributed by atoms with van der Waals surface area (Å²) in [6.07, 6.45) is -4.50. The fourth-order valence-corrected chi connectivity index (χ4v) is 2.96. The van der Waals surface area contributed by atoms with E-state index in [1.165, 1.54) is 12.1 Å². The highest BCUT2D eigenvalue weighted by atomic mass is 19.4. The second-order valence-corrected chi connectivity index (χ2v) is 6.86. The molecule has 0 aliphatic carbocycles. The van der Waals surface area contributed by atoms with E-state index in [-0.39, 0.29) is 31.0 Å². The van der Waals surface area contributed by atoms with Crippen molar-refractivity contribution in [2.45, 2.75) is 26.1 Å². The molecule has 3 aromatic rings. The van der Waals surface area contributed by atoms with E-state index in [9.17, 15) is 22.4 Å². The number of carbonyl (C=O) groups is 1. The summed E-state index contributed by atoms with van der Waals surface area (Å²) in [5, 5.41) is 17.4. The molecule has 1 aromatic heterocycles. The third-order valence-corrected chi connectivity index (χ3v) is 4.44.